The van der Waals surface area contributed by atoms with E-state index in [9.17, 15) is 19.8 Å². The Morgan fingerprint density at radius 2 is 1.84 bits per heavy atom. The van der Waals surface area contributed by atoms with Crippen molar-refractivity contribution in [1.29, 1.82) is 0 Å². The standard InChI is InChI=1S/C14H23NO4/c16-10-11-5-4-8-15(11)12(17)9-14(13(18)19)6-2-1-3-7-14/h11,16H,1-10H2,(H,18,19)/t11-/m0/s1. The van der Waals surface area contributed by atoms with Gasteiger partial charge in [0.15, 0.2) is 0 Å². The fourth-order valence-electron chi connectivity index (χ4n) is 3.44. The maximum absolute atomic E-state index is 12.3. The summed E-state index contributed by atoms with van der Waals surface area (Å²) in [5.41, 5.74) is -0.863. The molecule has 2 fully saturated rings. The Morgan fingerprint density at radius 3 is 2.42 bits per heavy atom. The number of carboxylic acid groups (broad SMARTS) is 1. The van der Waals surface area contributed by atoms with E-state index in [1.54, 1.807) is 4.90 Å². The van der Waals surface area contributed by atoms with Gasteiger partial charge in [-0.3, -0.25) is 9.59 Å². The predicted molar refractivity (Wildman–Crippen MR) is 69.6 cm³/mol. The van der Waals surface area contributed by atoms with E-state index in [4.69, 9.17) is 0 Å². The third kappa shape index (κ3) is 2.91. The van der Waals surface area contributed by atoms with Gasteiger partial charge in [0.25, 0.3) is 0 Å². The number of nitrogens with zero attached hydrogens (tertiary/aromatic N) is 1. The first-order chi connectivity index (χ1) is 9.09. The quantitative estimate of drug-likeness (QED) is 0.808. The molecular weight excluding hydrogens is 246 g/mol. The molecule has 1 saturated carbocycles. The van der Waals surface area contributed by atoms with Gasteiger partial charge >= 0.3 is 5.97 Å². The first kappa shape index (κ1) is 14.3. The summed E-state index contributed by atoms with van der Waals surface area (Å²) >= 11 is 0. The smallest absolute Gasteiger partial charge is 0.310 e. The van der Waals surface area contributed by atoms with Crippen molar-refractivity contribution in [2.45, 2.75) is 57.4 Å². The van der Waals surface area contributed by atoms with Gasteiger partial charge in [-0.15, -0.1) is 0 Å². The molecule has 1 heterocycles. The normalized spacial score (nSPS) is 26.4. The number of hydrogen-bond acceptors (Lipinski definition) is 3. The fraction of sp³-hybridized carbons (Fsp3) is 0.857. The van der Waals surface area contributed by atoms with E-state index < -0.39 is 11.4 Å². The SMILES string of the molecule is O=C(CC1(C(=O)O)CCCCC1)N1CCC[C@H]1CO. The predicted octanol–water partition coefficient (Wildman–Crippen LogP) is 1.39. The van der Waals surface area contributed by atoms with Crippen LogP contribution in [0.4, 0.5) is 0 Å². The van der Waals surface area contributed by atoms with Crippen LogP contribution >= 0.6 is 0 Å². The van der Waals surface area contributed by atoms with Crippen LogP contribution in [0.25, 0.3) is 0 Å². The molecule has 5 nitrogen and oxygen atoms in total. The molecule has 5 heteroatoms. The molecule has 1 saturated heterocycles. The Bertz CT molecular complexity index is 349. The van der Waals surface area contributed by atoms with E-state index in [-0.39, 0.29) is 25.0 Å². The highest BCUT2D eigenvalue weighted by Crippen LogP contribution is 2.40. The number of aliphatic hydroxyl groups is 1. The monoisotopic (exact) mass is 269 g/mol. The van der Waals surface area contributed by atoms with Gasteiger partial charge in [0.1, 0.15) is 0 Å². The van der Waals surface area contributed by atoms with Crippen molar-refractivity contribution >= 4 is 11.9 Å². The first-order valence-electron chi connectivity index (χ1n) is 7.23. The average Bonchev–Trinajstić information content (AvgIpc) is 2.88. The van der Waals surface area contributed by atoms with Crippen LogP contribution in [0.1, 0.15) is 51.4 Å². The summed E-state index contributed by atoms with van der Waals surface area (Å²) in [6, 6.07) is -0.109. The van der Waals surface area contributed by atoms with Gasteiger partial charge in [0, 0.05) is 13.0 Å². The molecule has 1 amide bonds. The number of likely N-dealkylation sites (tertiary alicyclic amines) is 1. The lowest BCUT2D eigenvalue weighted by Crippen LogP contribution is -2.43. The third-order valence-electron chi connectivity index (χ3n) is 4.66. The van der Waals surface area contributed by atoms with Crippen molar-refractivity contribution in [3.8, 4) is 0 Å². The fourth-order valence-corrected chi connectivity index (χ4v) is 3.44. The number of amides is 1. The third-order valence-corrected chi connectivity index (χ3v) is 4.66. The molecule has 2 rings (SSSR count). The number of hydrogen-bond donors (Lipinski definition) is 2. The summed E-state index contributed by atoms with van der Waals surface area (Å²) in [7, 11) is 0. The molecule has 0 radical (unpaired) electrons. The van der Waals surface area contributed by atoms with E-state index in [0.717, 1.165) is 32.1 Å². The van der Waals surface area contributed by atoms with Gasteiger partial charge in [-0.1, -0.05) is 19.3 Å². The second-order valence-electron chi connectivity index (χ2n) is 5.89. The van der Waals surface area contributed by atoms with Gasteiger partial charge in [0.2, 0.25) is 5.91 Å². The number of aliphatic carboxylic acids is 1. The lowest BCUT2D eigenvalue weighted by atomic mass is 9.71. The Balaban J connectivity index is 2.04. The van der Waals surface area contributed by atoms with E-state index in [1.165, 1.54) is 0 Å². The molecule has 2 N–H and O–H groups in total. The number of carbonyl (C=O) groups is 2. The second kappa shape index (κ2) is 5.90. The molecule has 1 atom stereocenters. The topological polar surface area (TPSA) is 77.8 Å². The molecule has 1 aliphatic heterocycles. The van der Waals surface area contributed by atoms with Crippen molar-refractivity contribution in [2.75, 3.05) is 13.2 Å². The van der Waals surface area contributed by atoms with Crippen LogP contribution in [-0.4, -0.2) is 46.2 Å². The summed E-state index contributed by atoms with van der Waals surface area (Å²) in [5.74, 6) is -0.929. The van der Waals surface area contributed by atoms with Crippen LogP contribution in [0, 0.1) is 5.41 Å². The Morgan fingerprint density at radius 1 is 1.16 bits per heavy atom. The van der Waals surface area contributed by atoms with Gasteiger partial charge in [-0.2, -0.15) is 0 Å². The molecule has 1 aliphatic carbocycles. The van der Waals surface area contributed by atoms with E-state index >= 15 is 0 Å². The van der Waals surface area contributed by atoms with E-state index in [2.05, 4.69) is 0 Å². The van der Waals surface area contributed by atoms with Gasteiger partial charge in [0.05, 0.1) is 18.1 Å². The van der Waals surface area contributed by atoms with Crippen LogP contribution < -0.4 is 0 Å². The zero-order valence-electron chi connectivity index (χ0n) is 11.3. The Kier molecular flexibility index (Phi) is 4.45. The van der Waals surface area contributed by atoms with Gasteiger partial charge < -0.3 is 15.1 Å². The van der Waals surface area contributed by atoms with Crippen LogP contribution in [0.5, 0.6) is 0 Å². The van der Waals surface area contributed by atoms with Crippen molar-refractivity contribution < 1.29 is 19.8 Å². The summed E-state index contributed by atoms with van der Waals surface area (Å²) in [4.78, 5) is 25.6. The first-order valence-corrected chi connectivity index (χ1v) is 7.23. The maximum atomic E-state index is 12.3. The summed E-state index contributed by atoms with van der Waals surface area (Å²) in [5, 5.41) is 18.7. The molecule has 19 heavy (non-hydrogen) atoms. The molecule has 108 valence electrons. The minimum absolute atomic E-state index is 0.0220. The summed E-state index contributed by atoms with van der Waals surface area (Å²) in [6.45, 7) is 0.631. The highest BCUT2D eigenvalue weighted by molar-refractivity contribution is 5.85. The van der Waals surface area contributed by atoms with Crippen molar-refractivity contribution in [1.82, 2.24) is 4.90 Å². The van der Waals surface area contributed by atoms with Crippen LogP contribution in [0.2, 0.25) is 0 Å². The molecule has 0 unspecified atom stereocenters. The van der Waals surface area contributed by atoms with Gasteiger partial charge in [-0.25, -0.2) is 0 Å². The average molecular weight is 269 g/mol. The zero-order valence-corrected chi connectivity index (χ0v) is 11.3. The summed E-state index contributed by atoms with van der Waals surface area (Å²) in [6.07, 6.45) is 5.87. The molecular formula is C14H23NO4. The lowest BCUT2D eigenvalue weighted by Gasteiger charge is -2.34. The van der Waals surface area contributed by atoms with Gasteiger partial charge in [-0.05, 0) is 25.7 Å². The number of carbonyl (C=O) groups excluding carboxylic acids is 1. The molecule has 0 aromatic rings. The second-order valence-corrected chi connectivity index (χ2v) is 5.89. The number of aliphatic hydroxyl groups excluding tert-OH is 1. The highest BCUT2D eigenvalue weighted by Gasteiger charge is 2.43. The maximum Gasteiger partial charge on any atom is 0.310 e. The van der Waals surface area contributed by atoms with Crippen molar-refractivity contribution in [2.24, 2.45) is 5.41 Å². The van der Waals surface area contributed by atoms with Crippen LogP contribution in [0.3, 0.4) is 0 Å². The Hall–Kier alpha value is -1.10. The minimum Gasteiger partial charge on any atom is -0.481 e. The van der Waals surface area contributed by atoms with Crippen LogP contribution in [0.15, 0.2) is 0 Å². The minimum atomic E-state index is -0.863. The Labute approximate surface area is 113 Å². The van der Waals surface area contributed by atoms with Crippen molar-refractivity contribution in [3.05, 3.63) is 0 Å². The lowest BCUT2D eigenvalue weighted by molar-refractivity contribution is -0.156. The largest absolute Gasteiger partial charge is 0.481 e. The molecule has 0 aromatic carbocycles. The zero-order chi connectivity index (χ0) is 13.9. The van der Waals surface area contributed by atoms with Crippen LogP contribution in [-0.2, 0) is 9.59 Å². The molecule has 0 spiro atoms. The molecule has 0 bridgehead atoms. The summed E-state index contributed by atoms with van der Waals surface area (Å²) < 4.78 is 0. The molecule has 2 aliphatic rings. The van der Waals surface area contributed by atoms with E-state index in [1.807, 2.05) is 0 Å². The number of rotatable bonds is 4. The van der Waals surface area contributed by atoms with Crippen molar-refractivity contribution in [3.63, 3.8) is 0 Å². The highest BCUT2D eigenvalue weighted by atomic mass is 16.4. The van der Waals surface area contributed by atoms with E-state index in [0.29, 0.717) is 19.4 Å². The molecule has 0 aromatic heterocycles. The number of carboxylic acids is 1.